The highest BCUT2D eigenvalue weighted by Crippen LogP contribution is 2.28. The van der Waals surface area contributed by atoms with Gasteiger partial charge in [0.15, 0.2) is 0 Å². The summed E-state index contributed by atoms with van der Waals surface area (Å²) in [5.41, 5.74) is 1.91. The zero-order chi connectivity index (χ0) is 12.3. The Hall–Kier alpha value is -1.33. The van der Waals surface area contributed by atoms with E-state index >= 15 is 0 Å². The molecule has 1 N–H and O–H groups in total. The molecular formula is C12H15N3OS. The van der Waals surface area contributed by atoms with E-state index in [1.54, 1.807) is 12.4 Å². The molecule has 2 heterocycles. The third-order valence-corrected chi connectivity index (χ3v) is 3.38. The van der Waals surface area contributed by atoms with Crippen LogP contribution in [0.25, 0.3) is 0 Å². The smallest absolute Gasteiger partial charge is 0.0957 e. The maximum Gasteiger partial charge on any atom is 0.0957 e. The van der Waals surface area contributed by atoms with E-state index < -0.39 is 6.10 Å². The van der Waals surface area contributed by atoms with Crippen molar-refractivity contribution in [2.45, 2.75) is 32.3 Å². The molecule has 0 bridgehead atoms. The Kier molecular flexibility index (Phi) is 3.81. The van der Waals surface area contributed by atoms with Crippen molar-refractivity contribution in [1.82, 2.24) is 14.6 Å². The van der Waals surface area contributed by atoms with Crippen molar-refractivity contribution in [3.8, 4) is 0 Å². The van der Waals surface area contributed by atoms with Gasteiger partial charge in [-0.1, -0.05) is 24.4 Å². The van der Waals surface area contributed by atoms with Gasteiger partial charge in [-0.05, 0) is 29.1 Å². The summed E-state index contributed by atoms with van der Waals surface area (Å²) in [7, 11) is 0. The van der Waals surface area contributed by atoms with Gasteiger partial charge in [-0.25, -0.2) is 0 Å². The molecule has 2 aromatic heterocycles. The minimum atomic E-state index is -0.545. The van der Waals surface area contributed by atoms with Crippen LogP contribution in [0.3, 0.4) is 0 Å². The first-order valence-corrected chi connectivity index (χ1v) is 6.35. The molecule has 5 heteroatoms. The molecule has 2 rings (SSSR count). The lowest BCUT2D eigenvalue weighted by molar-refractivity contribution is 0.180. The van der Waals surface area contributed by atoms with Gasteiger partial charge in [0.25, 0.3) is 0 Å². The van der Waals surface area contributed by atoms with Crippen LogP contribution in [-0.4, -0.2) is 19.7 Å². The summed E-state index contributed by atoms with van der Waals surface area (Å²) in [5.74, 6) is 0.285. The summed E-state index contributed by atoms with van der Waals surface area (Å²) < 4.78 is 3.92. The quantitative estimate of drug-likeness (QED) is 0.903. The molecule has 1 unspecified atom stereocenters. The van der Waals surface area contributed by atoms with Crippen LogP contribution in [0.4, 0.5) is 0 Å². The summed E-state index contributed by atoms with van der Waals surface area (Å²) >= 11 is 1.27. The number of pyridine rings is 1. The van der Waals surface area contributed by atoms with Crippen molar-refractivity contribution in [2.75, 3.05) is 0 Å². The van der Waals surface area contributed by atoms with Gasteiger partial charge in [0.05, 0.1) is 16.7 Å². The molecule has 0 amide bonds. The number of nitrogens with zero attached hydrogens (tertiary/aromatic N) is 3. The van der Waals surface area contributed by atoms with Gasteiger partial charge in [-0.15, -0.1) is 5.10 Å². The second-order valence-corrected chi connectivity index (χ2v) is 5.04. The van der Waals surface area contributed by atoms with E-state index in [9.17, 15) is 5.11 Å². The van der Waals surface area contributed by atoms with Crippen LogP contribution >= 0.6 is 11.5 Å². The van der Waals surface area contributed by atoms with E-state index in [1.165, 1.54) is 11.5 Å². The third-order valence-electron chi connectivity index (χ3n) is 2.54. The standard InChI is InChI=1S/C12H15N3OS/c1-8(2)11-12(17-15-14-11)10(16)6-9-4-3-5-13-7-9/h3-5,7-8,10,16H,6H2,1-2H3. The predicted molar refractivity (Wildman–Crippen MR) is 66.9 cm³/mol. The van der Waals surface area contributed by atoms with E-state index in [4.69, 9.17) is 0 Å². The summed E-state index contributed by atoms with van der Waals surface area (Å²) in [6.07, 6.45) is 3.50. The number of aliphatic hydroxyl groups excluding tert-OH is 1. The van der Waals surface area contributed by atoms with Crippen LogP contribution in [0.1, 0.15) is 42.0 Å². The second kappa shape index (κ2) is 5.33. The largest absolute Gasteiger partial charge is 0.387 e. The van der Waals surface area contributed by atoms with Crippen molar-refractivity contribution >= 4 is 11.5 Å². The van der Waals surface area contributed by atoms with Crippen LogP contribution < -0.4 is 0 Å². The average molecular weight is 249 g/mol. The molecule has 1 atom stereocenters. The van der Waals surface area contributed by atoms with E-state index in [0.717, 1.165) is 16.1 Å². The molecule has 2 aromatic rings. The van der Waals surface area contributed by atoms with Gasteiger partial charge in [0.2, 0.25) is 0 Å². The summed E-state index contributed by atoms with van der Waals surface area (Å²) in [6, 6.07) is 3.83. The molecule has 0 saturated heterocycles. The monoisotopic (exact) mass is 249 g/mol. The number of hydrogen-bond donors (Lipinski definition) is 1. The van der Waals surface area contributed by atoms with Gasteiger partial charge in [0, 0.05) is 18.8 Å². The molecule has 0 radical (unpaired) electrons. The first-order valence-electron chi connectivity index (χ1n) is 5.57. The van der Waals surface area contributed by atoms with Crippen molar-refractivity contribution in [3.05, 3.63) is 40.7 Å². The Balaban J connectivity index is 2.15. The van der Waals surface area contributed by atoms with Gasteiger partial charge in [-0.3, -0.25) is 4.98 Å². The van der Waals surface area contributed by atoms with Gasteiger partial charge >= 0.3 is 0 Å². The van der Waals surface area contributed by atoms with Crippen LogP contribution in [-0.2, 0) is 6.42 Å². The van der Waals surface area contributed by atoms with Crippen molar-refractivity contribution < 1.29 is 5.11 Å². The van der Waals surface area contributed by atoms with E-state index in [1.807, 2.05) is 12.1 Å². The van der Waals surface area contributed by atoms with Crippen molar-refractivity contribution in [2.24, 2.45) is 0 Å². The highest BCUT2D eigenvalue weighted by atomic mass is 32.1. The Labute approximate surface area is 105 Å². The fraction of sp³-hybridized carbons (Fsp3) is 0.417. The maximum atomic E-state index is 10.2. The lowest BCUT2D eigenvalue weighted by Gasteiger charge is -2.10. The highest BCUT2D eigenvalue weighted by Gasteiger charge is 2.19. The summed E-state index contributed by atoms with van der Waals surface area (Å²) in [6.45, 7) is 4.11. The molecule has 0 aromatic carbocycles. The van der Waals surface area contributed by atoms with E-state index in [2.05, 4.69) is 28.4 Å². The van der Waals surface area contributed by atoms with Crippen molar-refractivity contribution in [3.63, 3.8) is 0 Å². The predicted octanol–water partition coefficient (Wildman–Crippen LogP) is 2.33. The highest BCUT2D eigenvalue weighted by molar-refractivity contribution is 7.05. The lowest BCUT2D eigenvalue weighted by atomic mass is 10.0. The number of aliphatic hydroxyl groups is 1. The van der Waals surface area contributed by atoms with Crippen molar-refractivity contribution in [1.29, 1.82) is 0 Å². The number of rotatable bonds is 4. The molecule has 0 saturated carbocycles. The number of hydrogen-bond acceptors (Lipinski definition) is 5. The minimum Gasteiger partial charge on any atom is -0.387 e. The van der Waals surface area contributed by atoms with Crippen LogP contribution in [0.2, 0.25) is 0 Å². The molecule has 4 nitrogen and oxygen atoms in total. The summed E-state index contributed by atoms with van der Waals surface area (Å²) in [5, 5.41) is 14.3. The zero-order valence-electron chi connectivity index (χ0n) is 9.87. The summed E-state index contributed by atoms with van der Waals surface area (Å²) in [4.78, 5) is 4.90. The Bertz CT molecular complexity index is 470. The first kappa shape index (κ1) is 12.1. The Morgan fingerprint density at radius 2 is 2.24 bits per heavy atom. The third kappa shape index (κ3) is 2.87. The second-order valence-electron chi connectivity index (χ2n) is 4.26. The van der Waals surface area contributed by atoms with Crippen LogP contribution in [0, 0.1) is 0 Å². The fourth-order valence-corrected chi connectivity index (χ4v) is 2.46. The average Bonchev–Trinajstić information content (AvgIpc) is 2.79. The lowest BCUT2D eigenvalue weighted by Crippen LogP contribution is -2.04. The van der Waals surface area contributed by atoms with E-state index in [-0.39, 0.29) is 5.92 Å². The molecule has 0 aliphatic carbocycles. The number of aromatic nitrogens is 3. The molecular weight excluding hydrogens is 234 g/mol. The van der Waals surface area contributed by atoms with E-state index in [0.29, 0.717) is 6.42 Å². The molecule has 0 aliphatic rings. The Morgan fingerprint density at radius 1 is 1.41 bits per heavy atom. The normalized spacial score (nSPS) is 12.9. The minimum absolute atomic E-state index is 0.285. The van der Waals surface area contributed by atoms with Crippen LogP contribution in [0.15, 0.2) is 24.5 Å². The maximum absolute atomic E-state index is 10.2. The first-order chi connectivity index (χ1) is 8.18. The molecule has 0 fully saturated rings. The molecule has 90 valence electrons. The zero-order valence-corrected chi connectivity index (χ0v) is 10.7. The molecule has 0 spiro atoms. The Morgan fingerprint density at radius 3 is 2.88 bits per heavy atom. The van der Waals surface area contributed by atoms with Gasteiger partial charge in [0.1, 0.15) is 0 Å². The van der Waals surface area contributed by atoms with Crippen LogP contribution in [0.5, 0.6) is 0 Å². The fourth-order valence-electron chi connectivity index (χ4n) is 1.67. The topological polar surface area (TPSA) is 58.9 Å². The van der Waals surface area contributed by atoms with Gasteiger partial charge in [-0.2, -0.15) is 0 Å². The van der Waals surface area contributed by atoms with Gasteiger partial charge < -0.3 is 5.11 Å². The molecule has 0 aliphatic heterocycles. The SMILES string of the molecule is CC(C)c1nnsc1C(O)Cc1cccnc1. The molecule has 17 heavy (non-hydrogen) atoms.